The van der Waals surface area contributed by atoms with Crippen molar-refractivity contribution in [3.63, 3.8) is 0 Å². The van der Waals surface area contributed by atoms with Gasteiger partial charge in [-0.1, -0.05) is 30.3 Å². The molecule has 1 aromatic rings. The summed E-state index contributed by atoms with van der Waals surface area (Å²) < 4.78 is 11.1. The van der Waals surface area contributed by atoms with Crippen molar-refractivity contribution in [1.29, 1.82) is 0 Å². The third kappa shape index (κ3) is 4.05. The monoisotopic (exact) mass is 291 g/mol. The van der Waals surface area contributed by atoms with Crippen molar-refractivity contribution in [2.45, 2.75) is 38.4 Å². The molecule has 0 aromatic heterocycles. The summed E-state index contributed by atoms with van der Waals surface area (Å²) in [4.78, 5) is 12.5. The van der Waals surface area contributed by atoms with E-state index in [2.05, 4.69) is 5.32 Å². The molecular formula is C17H25NO3. The number of carbonyl (C=O) groups excluding carboxylic acids is 1. The summed E-state index contributed by atoms with van der Waals surface area (Å²) in [6.07, 6.45) is 1.40. The molecule has 0 aliphatic carbocycles. The lowest BCUT2D eigenvalue weighted by Gasteiger charge is -2.37. The van der Waals surface area contributed by atoms with Crippen LogP contribution >= 0.6 is 0 Å². The van der Waals surface area contributed by atoms with E-state index in [1.54, 1.807) is 0 Å². The van der Waals surface area contributed by atoms with Crippen molar-refractivity contribution in [1.82, 2.24) is 5.32 Å². The molecule has 0 amide bonds. The van der Waals surface area contributed by atoms with Gasteiger partial charge in [-0.05, 0) is 45.3 Å². The van der Waals surface area contributed by atoms with Crippen LogP contribution in [0.15, 0.2) is 30.3 Å². The lowest BCUT2D eigenvalue weighted by Crippen LogP contribution is -2.43. The van der Waals surface area contributed by atoms with Gasteiger partial charge in [0.1, 0.15) is 5.60 Å². The fraction of sp³-hybridized carbons (Fsp3) is 0.588. The van der Waals surface area contributed by atoms with E-state index in [-0.39, 0.29) is 5.97 Å². The smallest absolute Gasteiger partial charge is 0.340 e. The molecule has 116 valence electrons. The Morgan fingerprint density at radius 3 is 2.43 bits per heavy atom. The zero-order valence-electron chi connectivity index (χ0n) is 13.1. The van der Waals surface area contributed by atoms with Gasteiger partial charge in [-0.3, -0.25) is 0 Å². The molecule has 1 aliphatic rings. The summed E-state index contributed by atoms with van der Waals surface area (Å²) in [5, 5.41) is 3.33. The lowest BCUT2D eigenvalue weighted by atomic mass is 9.83. The van der Waals surface area contributed by atoms with Crippen LogP contribution in [-0.2, 0) is 14.3 Å². The molecule has 2 rings (SSSR count). The van der Waals surface area contributed by atoms with Crippen LogP contribution in [0.4, 0.5) is 0 Å². The average Bonchev–Trinajstić information content (AvgIpc) is 2.49. The molecule has 1 N–H and O–H groups in total. The number of piperidine rings is 1. The standard InChI is InChI=1S/C17H25NO3/c1-17(2,14-9-11-18-12-10-14)21-16(19)15(20-3)13-7-5-4-6-8-13/h4-8,14-15,18H,9-12H2,1-3H3. The average molecular weight is 291 g/mol. The Labute approximate surface area is 126 Å². The van der Waals surface area contributed by atoms with E-state index in [4.69, 9.17) is 9.47 Å². The Morgan fingerprint density at radius 1 is 1.24 bits per heavy atom. The van der Waals surface area contributed by atoms with E-state index in [9.17, 15) is 4.79 Å². The molecule has 0 spiro atoms. The minimum atomic E-state index is -0.660. The second kappa shape index (κ2) is 7.05. The highest BCUT2D eigenvalue weighted by Crippen LogP contribution is 2.31. The molecule has 1 fully saturated rings. The largest absolute Gasteiger partial charge is 0.457 e. The molecule has 0 radical (unpaired) electrons. The van der Waals surface area contributed by atoms with Gasteiger partial charge in [0, 0.05) is 13.0 Å². The third-order valence-corrected chi connectivity index (χ3v) is 4.24. The maximum atomic E-state index is 12.5. The first kappa shape index (κ1) is 16.0. The Bertz CT molecular complexity index is 452. The van der Waals surface area contributed by atoms with Gasteiger partial charge >= 0.3 is 5.97 Å². The zero-order valence-corrected chi connectivity index (χ0v) is 13.1. The van der Waals surface area contributed by atoms with Gasteiger partial charge in [-0.15, -0.1) is 0 Å². The topological polar surface area (TPSA) is 47.6 Å². The number of methoxy groups -OCH3 is 1. The molecule has 0 saturated carbocycles. The van der Waals surface area contributed by atoms with Crippen LogP contribution in [0.5, 0.6) is 0 Å². The van der Waals surface area contributed by atoms with Crippen LogP contribution in [0.2, 0.25) is 0 Å². The number of ether oxygens (including phenoxy) is 2. The van der Waals surface area contributed by atoms with Crippen molar-refractivity contribution < 1.29 is 14.3 Å². The fourth-order valence-electron chi connectivity index (χ4n) is 2.91. The van der Waals surface area contributed by atoms with Crippen LogP contribution < -0.4 is 5.32 Å². The molecule has 21 heavy (non-hydrogen) atoms. The molecule has 4 heteroatoms. The summed E-state index contributed by atoms with van der Waals surface area (Å²) in [7, 11) is 1.54. The Kier molecular flexibility index (Phi) is 5.37. The lowest BCUT2D eigenvalue weighted by molar-refractivity contribution is -0.175. The minimum Gasteiger partial charge on any atom is -0.457 e. The predicted molar refractivity (Wildman–Crippen MR) is 82.0 cm³/mol. The number of nitrogens with one attached hydrogen (secondary N) is 1. The second-order valence-corrected chi connectivity index (χ2v) is 6.08. The first-order valence-electron chi connectivity index (χ1n) is 7.56. The zero-order chi connectivity index (χ0) is 15.3. The second-order valence-electron chi connectivity index (χ2n) is 6.08. The van der Waals surface area contributed by atoms with E-state index < -0.39 is 11.7 Å². The minimum absolute atomic E-state index is 0.313. The van der Waals surface area contributed by atoms with E-state index >= 15 is 0 Å². The number of hydrogen-bond donors (Lipinski definition) is 1. The number of hydrogen-bond acceptors (Lipinski definition) is 4. The fourth-order valence-corrected chi connectivity index (χ4v) is 2.91. The van der Waals surface area contributed by atoms with Crippen molar-refractivity contribution in [2.24, 2.45) is 5.92 Å². The maximum absolute atomic E-state index is 12.5. The number of benzene rings is 1. The number of esters is 1. The summed E-state index contributed by atoms with van der Waals surface area (Å²) in [5.41, 5.74) is 0.358. The molecule has 1 aromatic carbocycles. The van der Waals surface area contributed by atoms with E-state index in [1.165, 1.54) is 7.11 Å². The first-order chi connectivity index (χ1) is 10.0. The van der Waals surface area contributed by atoms with Crippen molar-refractivity contribution in [2.75, 3.05) is 20.2 Å². The van der Waals surface area contributed by atoms with Crippen molar-refractivity contribution >= 4 is 5.97 Å². The van der Waals surface area contributed by atoms with Crippen LogP contribution in [0.25, 0.3) is 0 Å². The Hall–Kier alpha value is -1.39. The molecule has 4 nitrogen and oxygen atoms in total. The van der Waals surface area contributed by atoms with Crippen LogP contribution in [0.3, 0.4) is 0 Å². The van der Waals surface area contributed by atoms with Crippen molar-refractivity contribution in [3.05, 3.63) is 35.9 Å². The SMILES string of the molecule is COC(C(=O)OC(C)(C)C1CCNCC1)c1ccccc1. The third-order valence-electron chi connectivity index (χ3n) is 4.24. The van der Waals surface area contributed by atoms with Gasteiger partial charge in [0.2, 0.25) is 0 Å². The summed E-state index contributed by atoms with van der Waals surface area (Å²) in [6, 6.07) is 9.47. The van der Waals surface area contributed by atoms with Gasteiger partial charge in [0.05, 0.1) is 0 Å². The van der Waals surface area contributed by atoms with Crippen LogP contribution in [0.1, 0.15) is 38.4 Å². The van der Waals surface area contributed by atoms with Gasteiger partial charge in [0.25, 0.3) is 0 Å². The van der Waals surface area contributed by atoms with Gasteiger partial charge < -0.3 is 14.8 Å². The number of rotatable bonds is 5. The normalized spacial score (nSPS) is 18.2. The Balaban J connectivity index is 2.04. The van der Waals surface area contributed by atoms with Crippen LogP contribution in [-0.4, -0.2) is 31.8 Å². The first-order valence-corrected chi connectivity index (χ1v) is 7.56. The van der Waals surface area contributed by atoms with E-state index in [0.29, 0.717) is 5.92 Å². The molecule has 1 atom stereocenters. The molecule has 1 heterocycles. The quantitative estimate of drug-likeness (QED) is 0.847. The van der Waals surface area contributed by atoms with Gasteiger partial charge in [0.15, 0.2) is 6.10 Å². The number of carbonyl (C=O) groups is 1. The Morgan fingerprint density at radius 2 is 1.86 bits per heavy atom. The van der Waals surface area contributed by atoms with Crippen molar-refractivity contribution in [3.8, 4) is 0 Å². The summed E-state index contributed by atoms with van der Waals surface area (Å²) in [5.74, 6) is 0.0724. The molecule has 1 unspecified atom stereocenters. The molecular weight excluding hydrogens is 266 g/mol. The molecule has 0 bridgehead atoms. The van der Waals surface area contributed by atoms with Gasteiger partial charge in [-0.25, -0.2) is 4.79 Å². The predicted octanol–water partition coefficient (Wildman–Crippen LogP) is 2.70. The van der Waals surface area contributed by atoms with Gasteiger partial charge in [-0.2, -0.15) is 0 Å². The molecule has 1 saturated heterocycles. The molecule has 1 aliphatic heterocycles. The van der Waals surface area contributed by atoms with E-state index in [0.717, 1.165) is 31.5 Å². The summed E-state index contributed by atoms with van der Waals surface area (Å²) in [6.45, 7) is 5.97. The summed E-state index contributed by atoms with van der Waals surface area (Å²) >= 11 is 0. The van der Waals surface area contributed by atoms with Crippen LogP contribution in [0, 0.1) is 5.92 Å². The highest BCUT2D eigenvalue weighted by Gasteiger charge is 2.36. The maximum Gasteiger partial charge on any atom is 0.340 e. The highest BCUT2D eigenvalue weighted by molar-refractivity contribution is 5.77. The van der Waals surface area contributed by atoms with E-state index in [1.807, 2.05) is 44.2 Å². The highest BCUT2D eigenvalue weighted by atomic mass is 16.6.